The van der Waals surface area contributed by atoms with Crippen LogP contribution in [0, 0.1) is 34.5 Å². The molecule has 0 amide bonds. The third-order valence-corrected chi connectivity index (χ3v) is 9.04. The molecule has 140 valence electrons. The molecule has 26 heavy (non-hydrogen) atoms. The average molecular weight is 354 g/mol. The first-order chi connectivity index (χ1) is 12.3. The lowest BCUT2D eigenvalue weighted by molar-refractivity contribution is -0.136. The van der Waals surface area contributed by atoms with E-state index in [1.807, 2.05) is 6.20 Å². The van der Waals surface area contributed by atoms with Gasteiger partial charge in [-0.2, -0.15) is 5.10 Å². The second kappa shape index (κ2) is 5.30. The van der Waals surface area contributed by atoms with Crippen molar-refractivity contribution in [1.29, 1.82) is 0 Å². The Morgan fingerprint density at radius 2 is 2.00 bits per heavy atom. The first-order valence-corrected chi connectivity index (χ1v) is 10.4. The SMILES string of the molecule is CC(=O)n1ncc2c1C[C@@H]1CC[C@@H]3[C@H](CC[C@]4(C)C(=O)CC[C@@H]34)[C@@]1(C)C2. The molecule has 1 heterocycles. The van der Waals surface area contributed by atoms with Crippen molar-refractivity contribution in [2.75, 3.05) is 0 Å². The van der Waals surface area contributed by atoms with Crippen LogP contribution in [-0.4, -0.2) is 21.5 Å². The average Bonchev–Trinajstić information content (AvgIpc) is 3.13. The van der Waals surface area contributed by atoms with Crippen LogP contribution in [0.15, 0.2) is 6.20 Å². The maximum atomic E-state index is 12.6. The minimum atomic E-state index is -0.0380. The van der Waals surface area contributed by atoms with Crippen molar-refractivity contribution in [2.24, 2.45) is 34.5 Å². The molecule has 0 N–H and O–H groups in total. The summed E-state index contributed by atoms with van der Waals surface area (Å²) in [6.07, 6.45) is 10.7. The van der Waals surface area contributed by atoms with Crippen LogP contribution >= 0.6 is 0 Å². The number of ketones is 1. The first kappa shape index (κ1) is 16.7. The second-order valence-electron chi connectivity index (χ2n) is 10.0. The highest BCUT2D eigenvalue weighted by atomic mass is 16.2. The molecule has 0 bridgehead atoms. The van der Waals surface area contributed by atoms with Gasteiger partial charge in [0.15, 0.2) is 0 Å². The smallest absolute Gasteiger partial charge is 0.243 e. The number of aromatic nitrogens is 2. The van der Waals surface area contributed by atoms with E-state index >= 15 is 0 Å². The van der Waals surface area contributed by atoms with Crippen molar-refractivity contribution in [3.63, 3.8) is 0 Å². The van der Waals surface area contributed by atoms with Gasteiger partial charge >= 0.3 is 0 Å². The maximum absolute atomic E-state index is 12.6. The Balaban J connectivity index is 1.50. The highest BCUT2D eigenvalue weighted by Gasteiger charge is 2.60. The van der Waals surface area contributed by atoms with Crippen LogP contribution in [0.5, 0.6) is 0 Å². The fourth-order valence-electron chi connectivity index (χ4n) is 7.60. The summed E-state index contributed by atoms with van der Waals surface area (Å²) in [4.78, 5) is 24.5. The number of hydrogen-bond acceptors (Lipinski definition) is 3. The zero-order valence-corrected chi connectivity index (χ0v) is 16.3. The fourth-order valence-corrected chi connectivity index (χ4v) is 7.60. The highest BCUT2D eigenvalue weighted by Crippen LogP contribution is 2.64. The molecule has 3 fully saturated rings. The zero-order valence-electron chi connectivity index (χ0n) is 16.3. The Hall–Kier alpha value is -1.45. The maximum Gasteiger partial charge on any atom is 0.243 e. The van der Waals surface area contributed by atoms with Crippen molar-refractivity contribution in [1.82, 2.24) is 9.78 Å². The lowest BCUT2D eigenvalue weighted by atomic mass is 9.45. The molecule has 0 saturated heterocycles. The first-order valence-electron chi connectivity index (χ1n) is 10.4. The molecule has 5 rings (SSSR count). The summed E-state index contributed by atoms with van der Waals surface area (Å²) in [5.74, 6) is 3.24. The van der Waals surface area contributed by atoms with E-state index in [1.54, 1.807) is 11.6 Å². The van der Waals surface area contributed by atoms with E-state index in [9.17, 15) is 9.59 Å². The zero-order chi connectivity index (χ0) is 18.3. The standard InChI is InChI=1S/C22H30N2O2/c1-13(25)24-19-10-15-4-5-16-17-6-7-20(26)21(17,2)9-8-18(16)22(15,3)11-14(19)12-23-24/h12,15-18H,4-11H2,1-3H3/t15-,16-,17-,18-,21-,22-/m0/s1. The molecule has 6 atom stereocenters. The molecule has 3 saturated carbocycles. The summed E-state index contributed by atoms with van der Waals surface area (Å²) >= 11 is 0. The van der Waals surface area contributed by atoms with E-state index < -0.39 is 0 Å². The number of carbonyl (C=O) groups is 2. The summed E-state index contributed by atoms with van der Waals surface area (Å²) in [7, 11) is 0. The molecule has 4 aliphatic carbocycles. The number of nitrogens with zero attached hydrogens (tertiary/aromatic N) is 2. The highest BCUT2D eigenvalue weighted by molar-refractivity contribution is 5.87. The summed E-state index contributed by atoms with van der Waals surface area (Å²) in [6, 6.07) is 0. The summed E-state index contributed by atoms with van der Waals surface area (Å²) in [5, 5.41) is 4.39. The third kappa shape index (κ3) is 1.99. The van der Waals surface area contributed by atoms with Crippen LogP contribution in [-0.2, 0) is 17.6 Å². The third-order valence-electron chi connectivity index (χ3n) is 9.04. The quantitative estimate of drug-likeness (QED) is 0.706. The van der Waals surface area contributed by atoms with E-state index in [4.69, 9.17) is 0 Å². The van der Waals surface area contributed by atoms with E-state index in [1.165, 1.54) is 24.8 Å². The number of hydrogen-bond donors (Lipinski definition) is 0. The van der Waals surface area contributed by atoms with Crippen LogP contribution in [0.3, 0.4) is 0 Å². The normalized spacial score (nSPS) is 44.0. The summed E-state index contributed by atoms with van der Waals surface area (Å²) < 4.78 is 1.63. The van der Waals surface area contributed by atoms with E-state index in [0.29, 0.717) is 29.0 Å². The molecular formula is C22H30N2O2. The molecule has 1 aromatic heterocycles. The van der Waals surface area contributed by atoms with Crippen molar-refractivity contribution in [3.05, 3.63) is 17.5 Å². The van der Waals surface area contributed by atoms with Crippen molar-refractivity contribution >= 4 is 11.7 Å². The topological polar surface area (TPSA) is 52.0 Å². The van der Waals surface area contributed by atoms with Gasteiger partial charge in [0, 0.05) is 18.8 Å². The molecule has 4 aliphatic rings. The predicted octanol–water partition coefficient (Wildman–Crippen LogP) is 4.07. The number of fused-ring (bicyclic) bond motifs is 6. The predicted molar refractivity (Wildman–Crippen MR) is 98.8 cm³/mol. The van der Waals surface area contributed by atoms with Gasteiger partial charge in [-0.05, 0) is 79.6 Å². The van der Waals surface area contributed by atoms with Gasteiger partial charge in [0.1, 0.15) is 5.78 Å². The molecule has 4 nitrogen and oxygen atoms in total. The lowest BCUT2D eigenvalue weighted by Gasteiger charge is -2.59. The number of Topliss-reactive ketones (excluding diaryl/α,β-unsaturated/α-hetero) is 1. The Morgan fingerprint density at radius 1 is 1.19 bits per heavy atom. The monoisotopic (exact) mass is 354 g/mol. The van der Waals surface area contributed by atoms with Gasteiger partial charge in [-0.15, -0.1) is 0 Å². The minimum absolute atomic E-state index is 0.0291. The van der Waals surface area contributed by atoms with Crippen LogP contribution in [0.2, 0.25) is 0 Å². The Bertz CT molecular complexity index is 796. The Morgan fingerprint density at radius 3 is 2.77 bits per heavy atom. The summed E-state index contributed by atoms with van der Waals surface area (Å²) in [6.45, 7) is 6.37. The molecule has 0 radical (unpaired) electrons. The van der Waals surface area contributed by atoms with Crippen molar-refractivity contribution in [2.45, 2.75) is 72.1 Å². The number of carbonyl (C=O) groups excluding carboxylic acids is 2. The van der Waals surface area contributed by atoms with Crippen LogP contribution in [0.4, 0.5) is 0 Å². The largest absolute Gasteiger partial charge is 0.299 e. The van der Waals surface area contributed by atoms with Gasteiger partial charge in [0.2, 0.25) is 5.91 Å². The molecule has 0 spiro atoms. The number of rotatable bonds is 0. The molecular weight excluding hydrogens is 324 g/mol. The van der Waals surface area contributed by atoms with Gasteiger partial charge in [-0.25, -0.2) is 4.68 Å². The van der Waals surface area contributed by atoms with Crippen molar-refractivity contribution < 1.29 is 9.59 Å². The van der Waals surface area contributed by atoms with Gasteiger partial charge in [-0.3, -0.25) is 9.59 Å². The van der Waals surface area contributed by atoms with Gasteiger partial charge in [0.05, 0.1) is 11.9 Å². The summed E-state index contributed by atoms with van der Waals surface area (Å²) in [5.41, 5.74) is 2.71. The molecule has 0 aliphatic heterocycles. The Labute approximate surface area is 155 Å². The molecule has 4 heteroatoms. The van der Waals surface area contributed by atoms with Crippen LogP contribution < -0.4 is 0 Å². The molecule has 0 aromatic carbocycles. The van der Waals surface area contributed by atoms with E-state index in [2.05, 4.69) is 18.9 Å². The van der Waals surface area contributed by atoms with Gasteiger partial charge in [0.25, 0.3) is 0 Å². The van der Waals surface area contributed by atoms with Gasteiger partial charge < -0.3 is 0 Å². The van der Waals surface area contributed by atoms with E-state index in [0.717, 1.165) is 43.7 Å². The molecule has 1 aromatic rings. The fraction of sp³-hybridized carbons (Fsp3) is 0.773. The lowest BCUT2D eigenvalue weighted by Crippen LogP contribution is -2.54. The van der Waals surface area contributed by atoms with Gasteiger partial charge in [-0.1, -0.05) is 13.8 Å². The van der Waals surface area contributed by atoms with Crippen LogP contribution in [0.1, 0.15) is 75.3 Å². The minimum Gasteiger partial charge on any atom is -0.299 e. The Kier molecular flexibility index (Phi) is 3.40. The second-order valence-corrected chi connectivity index (χ2v) is 10.0. The van der Waals surface area contributed by atoms with Crippen LogP contribution in [0.25, 0.3) is 0 Å². The van der Waals surface area contributed by atoms with Crippen molar-refractivity contribution in [3.8, 4) is 0 Å². The molecule has 0 unspecified atom stereocenters. The van der Waals surface area contributed by atoms with E-state index in [-0.39, 0.29) is 11.3 Å².